The van der Waals surface area contributed by atoms with Gasteiger partial charge in [0.1, 0.15) is 11.4 Å². The highest BCUT2D eigenvalue weighted by molar-refractivity contribution is 6.20. The summed E-state index contributed by atoms with van der Waals surface area (Å²) in [5.41, 5.74) is 3.04. The standard InChI is InChI=1S/C24H31N6O3/c1-17-18(2)30-20-21(25-23(30)28(17)11-7-10-27-12-14-33-15-13-27)26(3)24(32)29(22(20)31)16-19-8-5-4-6-9-19/h4-6,8-9,20H,7,10-16H2,1-3H3/q+1. The quantitative estimate of drug-likeness (QED) is 0.628. The van der Waals surface area contributed by atoms with E-state index in [1.807, 2.05) is 41.8 Å². The minimum atomic E-state index is -0.606. The number of imide groups is 1. The molecule has 0 aliphatic carbocycles. The van der Waals surface area contributed by atoms with Crippen LogP contribution >= 0.6 is 0 Å². The number of aromatic nitrogens is 2. The average Bonchev–Trinajstić information content (AvgIpc) is 3.33. The molecule has 1 aromatic carbocycles. The number of benzene rings is 1. The van der Waals surface area contributed by atoms with E-state index in [4.69, 9.17) is 9.73 Å². The fourth-order valence-corrected chi connectivity index (χ4v) is 4.96. The van der Waals surface area contributed by atoms with Gasteiger partial charge >= 0.3 is 12.0 Å². The van der Waals surface area contributed by atoms with Gasteiger partial charge in [0.05, 0.1) is 26.3 Å². The van der Waals surface area contributed by atoms with Crippen LogP contribution in [-0.4, -0.2) is 76.9 Å². The van der Waals surface area contributed by atoms with Crippen molar-refractivity contribution in [2.75, 3.05) is 39.9 Å². The van der Waals surface area contributed by atoms with Crippen LogP contribution in [-0.2, 0) is 22.6 Å². The largest absolute Gasteiger partial charge is 0.402 e. The number of ether oxygens (including phenoxy) is 1. The first-order valence-corrected chi connectivity index (χ1v) is 11.6. The summed E-state index contributed by atoms with van der Waals surface area (Å²) < 4.78 is 9.63. The lowest BCUT2D eigenvalue weighted by molar-refractivity contribution is -0.689. The maximum absolute atomic E-state index is 13.6. The van der Waals surface area contributed by atoms with E-state index in [1.165, 1.54) is 9.80 Å². The van der Waals surface area contributed by atoms with Crippen LogP contribution in [0.4, 0.5) is 10.7 Å². The lowest BCUT2D eigenvalue weighted by atomic mass is 10.1. The smallest absolute Gasteiger partial charge is 0.379 e. The van der Waals surface area contributed by atoms with E-state index in [2.05, 4.69) is 16.4 Å². The molecule has 1 unspecified atom stereocenters. The first-order chi connectivity index (χ1) is 16.0. The highest BCUT2D eigenvalue weighted by Gasteiger charge is 2.54. The lowest BCUT2D eigenvalue weighted by Crippen LogP contribution is -2.57. The van der Waals surface area contributed by atoms with Gasteiger partial charge in [-0.25, -0.2) is 13.9 Å². The summed E-state index contributed by atoms with van der Waals surface area (Å²) in [4.78, 5) is 36.7. The number of hydrogen-bond donors (Lipinski definition) is 0. The second-order valence-corrected chi connectivity index (χ2v) is 8.92. The van der Waals surface area contributed by atoms with Crippen molar-refractivity contribution >= 4 is 23.7 Å². The van der Waals surface area contributed by atoms with Gasteiger partial charge in [-0.3, -0.25) is 19.5 Å². The molecule has 0 radical (unpaired) electrons. The number of nitrogens with zero attached hydrogens (tertiary/aromatic N) is 6. The molecule has 3 aliphatic heterocycles. The van der Waals surface area contributed by atoms with Gasteiger partial charge in [0.2, 0.25) is 11.9 Å². The molecule has 3 aliphatic rings. The number of urea groups is 1. The molecule has 2 aromatic rings. The van der Waals surface area contributed by atoms with Crippen LogP contribution in [0.1, 0.15) is 29.4 Å². The van der Waals surface area contributed by atoms with Crippen LogP contribution < -0.4 is 4.57 Å². The molecule has 9 heteroatoms. The summed E-state index contributed by atoms with van der Waals surface area (Å²) in [6.07, 6.45) is 0.986. The van der Waals surface area contributed by atoms with E-state index < -0.39 is 6.04 Å². The predicted molar refractivity (Wildman–Crippen MR) is 122 cm³/mol. The summed E-state index contributed by atoms with van der Waals surface area (Å²) in [7, 11) is 1.70. The fraction of sp³-hybridized carbons (Fsp3) is 0.500. The molecule has 9 nitrogen and oxygen atoms in total. The molecule has 0 N–H and O–H groups in total. The number of fused-ring (bicyclic) bond motifs is 3. The Bertz CT molecular complexity index is 1100. The highest BCUT2D eigenvalue weighted by Crippen LogP contribution is 2.35. The number of imidazole rings is 1. The number of carbonyl (C=O) groups is 2. The Morgan fingerprint density at radius 3 is 2.58 bits per heavy atom. The summed E-state index contributed by atoms with van der Waals surface area (Å²) in [6.45, 7) is 9.71. The summed E-state index contributed by atoms with van der Waals surface area (Å²) in [5, 5.41) is 0. The van der Waals surface area contributed by atoms with Crippen molar-refractivity contribution < 1.29 is 18.9 Å². The van der Waals surface area contributed by atoms with Crippen molar-refractivity contribution in [2.24, 2.45) is 4.99 Å². The summed E-state index contributed by atoms with van der Waals surface area (Å²) >= 11 is 0. The summed E-state index contributed by atoms with van der Waals surface area (Å²) in [6, 6.07) is 8.67. The molecular formula is C24H31N6O3+. The monoisotopic (exact) mass is 451 g/mol. The lowest BCUT2D eigenvalue weighted by Gasteiger charge is -2.33. The number of amides is 3. The minimum absolute atomic E-state index is 0.224. The number of hydrogen-bond acceptors (Lipinski definition) is 5. The number of carbonyl (C=O) groups excluding carboxylic acids is 2. The summed E-state index contributed by atoms with van der Waals surface area (Å²) in [5.74, 6) is 1.04. The van der Waals surface area contributed by atoms with Crippen LogP contribution in [0, 0.1) is 13.8 Å². The van der Waals surface area contributed by atoms with E-state index in [1.54, 1.807) is 7.05 Å². The molecule has 0 spiro atoms. The van der Waals surface area contributed by atoms with Crippen LogP contribution in [0.25, 0.3) is 0 Å². The zero-order chi connectivity index (χ0) is 23.1. The number of amidine groups is 1. The van der Waals surface area contributed by atoms with Crippen molar-refractivity contribution in [3.63, 3.8) is 0 Å². The average molecular weight is 452 g/mol. The molecule has 2 saturated heterocycles. The third-order valence-electron chi connectivity index (χ3n) is 6.97. The van der Waals surface area contributed by atoms with Crippen LogP contribution in [0.2, 0.25) is 0 Å². The van der Waals surface area contributed by atoms with E-state index in [-0.39, 0.29) is 18.5 Å². The molecule has 174 valence electrons. The van der Waals surface area contributed by atoms with Crippen molar-refractivity contribution in [1.29, 1.82) is 0 Å². The van der Waals surface area contributed by atoms with E-state index >= 15 is 0 Å². The maximum atomic E-state index is 13.6. The third-order valence-corrected chi connectivity index (χ3v) is 6.97. The molecule has 3 amide bonds. The number of rotatable bonds is 6. The second-order valence-electron chi connectivity index (χ2n) is 8.92. The van der Waals surface area contributed by atoms with Gasteiger partial charge in [-0.2, -0.15) is 0 Å². The van der Waals surface area contributed by atoms with Crippen LogP contribution in [0.5, 0.6) is 0 Å². The highest BCUT2D eigenvalue weighted by atomic mass is 16.5. The van der Waals surface area contributed by atoms with Gasteiger partial charge in [0.15, 0.2) is 0 Å². The van der Waals surface area contributed by atoms with Crippen molar-refractivity contribution in [1.82, 2.24) is 19.3 Å². The Hall–Kier alpha value is -3.04. The zero-order valence-corrected chi connectivity index (χ0v) is 19.5. The van der Waals surface area contributed by atoms with Crippen LogP contribution in [0.15, 0.2) is 35.3 Å². The fourth-order valence-electron chi connectivity index (χ4n) is 4.96. The predicted octanol–water partition coefficient (Wildman–Crippen LogP) is 1.79. The molecule has 0 saturated carbocycles. The van der Waals surface area contributed by atoms with Gasteiger partial charge < -0.3 is 4.74 Å². The Morgan fingerprint density at radius 1 is 1.12 bits per heavy atom. The van der Waals surface area contributed by atoms with Crippen molar-refractivity contribution in [2.45, 2.75) is 39.4 Å². The van der Waals surface area contributed by atoms with Gasteiger partial charge in [-0.1, -0.05) is 35.3 Å². The molecule has 0 bridgehead atoms. The molecule has 5 rings (SSSR count). The first-order valence-electron chi connectivity index (χ1n) is 11.6. The topological polar surface area (TPSA) is 74.3 Å². The van der Waals surface area contributed by atoms with E-state index in [0.717, 1.165) is 68.7 Å². The Kier molecular flexibility index (Phi) is 5.76. The molecule has 2 fully saturated rings. The van der Waals surface area contributed by atoms with Gasteiger partial charge in [0.25, 0.3) is 5.91 Å². The number of morpholine rings is 1. The molecule has 1 atom stereocenters. The van der Waals surface area contributed by atoms with Crippen molar-refractivity contribution in [3.8, 4) is 0 Å². The van der Waals surface area contributed by atoms with Crippen LogP contribution in [0.3, 0.4) is 0 Å². The molecule has 33 heavy (non-hydrogen) atoms. The SMILES string of the molecule is Cc1c(C)[n+](CCCN2CCOCC2)c2n1C1C(=O)N(Cc3ccccc3)C(=O)N(C)C1=N2. The van der Waals surface area contributed by atoms with E-state index in [9.17, 15) is 9.59 Å². The molecule has 4 heterocycles. The molecular weight excluding hydrogens is 420 g/mol. The maximum Gasteiger partial charge on any atom is 0.402 e. The second kappa shape index (κ2) is 8.72. The minimum Gasteiger partial charge on any atom is -0.379 e. The first kappa shape index (κ1) is 21.8. The third kappa shape index (κ3) is 3.75. The molecule has 1 aromatic heterocycles. The Balaban J connectivity index is 1.40. The van der Waals surface area contributed by atoms with Crippen molar-refractivity contribution in [3.05, 3.63) is 47.3 Å². The van der Waals surface area contributed by atoms with Gasteiger partial charge in [-0.15, -0.1) is 0 Å². The van der Waals surface area contributed by atoms with E-state index in [0.29, 0.717) is 5.84 Å². The number of aliphatic imine (C=N–C) groups is 1. The van der Waals surface area contributed by atoms with Gasteiger partial charge in [-0.05, 0) is 25.8 Å². The zero-order valence-electron chi connectivity index (χ0n) is 19.5. The Labute approximate surface area is 193 Å². The van der Waals surface area contributed by atoms with Gasteiger partial charge in [0, 0.05) is 26.7 Å². The normalized spacial score (nSPS) is 20.8. The Morgan fingerprint density at radius 2 is 1.85 bits per heavy atom. The number of likely N-dealkylation sites (N-methyl/N-ethyl adjacent to an activating group) is 1.